The van der Waals surface area contributed by atoms with Gasteiger partial charge in [0.05, 0.1) is 28.0 Å². The highest BCUT2D eigenvalue weighted by Crippen LogP contribution is 2.42. The second kappa shape index (κ2) is 13.1. The monoisotopic (exact) mass is 676 g/mol. The Bertz CT molecular complexity index is 1670. The number of phenolic OH excluding ortho intramolecular Hbond substituents is 1. The minimum atomic E-state index is -0.948. The molecule has 4 rings (SSSR count). The Hall–Kier alpha value is -4.06. The summed E-state index contributed by atoms with van der Waals surface area (Å²) in [5.41, 5.74) is 3.43. The number of halogens is 2. The van der Waals surface area contributed by atoms with E-state index in [4.69, 9.17) is 9.47 Å². The largest absolute Gasteiger partial charge is 0.508 e. The average molecular weight is 678 g/mol. The Morgan fingerprint density at radius 1 is 0.878 bits per heavy atom. The molecule has 0 fully saturated rings. The lowest BCUT2D eigenvalue weighted by atomic mass is 9.95. The van der Waals surface area contributed by atoms with Crippen LogP contribution in [-0.4, -0.2) is 29.1 Å². The van der Waals surface area contributed by atoms with Crippen molar-refractivity contribution in [3.63, 3.8) is 0 Å². The van der Waals surface area contributed by atoms with Gasteiger partial charge in [-0.2, -0.15) is 0 Å². The molecule has 0 amide bonds. The molecule has 0 aliphatic carbocycles. The van der Waals surface area contributed by atoms with Gasteiger partial charge in [-0.25, -0.2) is 0 Å². The van der Waals surface area contributed by atoms with Crippen LogP contribution in [0.4, 0.5) is 0 Å². The number of ketones is 1. The van der Waals surface area contributed by atoms with Gasteiger partial charge < -0.3 is 19.7 Å². The first-order valence-electron chi connectivity index (χ1n) is 12.6. The van der Waals surface area contributed by atoms with Crippen LogP contribution in [0.1, 0.15) is 57.9 Å². The fourth-order valence-corrected chi connectivity index (χ4v) is 5.63. The number of aliphatic carboxylic acids is 1. The van der Waals surface area contributed by atoms with Gasteiger partial charge in [-0.15, -0.1) is 0 Å². The number of phenols is 1. The smallest absolute Gasteiger partial charge is 0.307 e. The van der Waals surface area contributed by atoms with Gasteiger partial charge in [0.15, 0.2) is 11.5 Å². The predicted octanol–water partition coefficient (Wildman–Crippen LogP) is 8.10. The fourth-order valence-electron chi connectivity index (χ4n) is 4.18. The van der Waals surface area contributed by atoms with Crippen LogP contribution in [0.15, 0.2) is 81.7 Å². The van der Waals surface area contributed by atoms with E-state index in [0.717, 1.165) is 5.56 Å². The van der Waals surface area contributed by atoms with Crippen molar-refractivity contribution in [2.75, 3.05) is 7.11 Å². The fraction of sp³-hybridized carbons (Fsp3) is 0.152. The summed E-state index contributed by atoms with van der Waals surface area (Å²) >= 11 is 6.98. The summed E-state index contributed by atoms with van der Waals surface area (Å²) in [6, 6.07) is 20.5. The van der Waals surface area contributed by atoms with Crippen molar-refractivity contribution in [1.29, 1.82) is 0 Å². The lowest BCUT2D eigenvalue weighted by molar-refractivity contribution is -0.136. The molecular formula is C33H26Br2O6. The zero-order valence-electron chi connectivity index (χ0n) is 22.5. The number of carbonyl (C=O) groups excluding carboxylic acids is 1. The molecule has 0 aromatic heterocycles. The van der Waals surface area contributed by atoms with Crippen molar-refractivity contribution in [3.8, 4) is 34.8 Å². The second-order valence-electron chi connectivity index (χ2n) is 9.52. The van der Waals surface area contributed by atoms with Crippen molar-refractivity contribution < 1.29 is 29.3 Å². The molecule has 8 heteroatoms. The number of rotatable bonds is 8. The molecule has 208 valence electrons. The van der Waals surface area contributed by atoms with Crippen molar-refractivity contribution in [3.05, 3.63) is 115 Å². The topological polar surface area (TPSA) is 93.1 Å². The Morgan fingerprint density at radius 2 is 1.51 bits per heavy atom. The number of carboxylic acids is 1. The third kappa shape index (κ3) is 7.37. The molecule has 0 spiro atoms. The normalized spacial score (nSPS) is 10.6. The number of carbonyl (C=O) groups is 2. The summed E-state index contributed by atoms with van der Waals surface area (Å²) < 4.78 is 13.0. The molecule has 4 aromatic carbocycles. The van der Waals surface area contributed by atoms with Crippen molar-refractivity contribution in [2.45, 2.75) is 26.2 Å². The van der Waals surface area contributed by atoms with Crippen LogP contribution in [-0.2, 0) is 11.2 Å². The minimum Gasteiger partial charge on any atom is -0.508 e. The highest BCUT2D eigenvalue weighted by atomic mass is 79.9. The van der Waals surface area contributed by atoms with E-state index in [0.29, 0.717) is 48.4 Å². The maximum atomic E-state index is 13.9. The molecule has 4 aromatic rings. The third-order valence-corrected chi connectivity index (χ3v) is 7.32. The molecule has 6 nitrogen and oxygen atoms in total. The Morgan fingerprint density at radius 3 is 2.10 bits per heavy atom. The molecule has 41 heavy (non-hydrogen) atoms. The van der Waals surface area contributed by atoms with Gasteiger partial charge in [0.2, 0.25) is 0 Å². The molecule has 2 N–H and O–H groups in total. The summed E-state index contributed by atoms with van der Waals surface area (Å²) in [7, 11) is 1.56. The SMILES string of the molecule is COc1cc(C(=O)c2cccc(C#Cc3cccc(O)c3)c2)c(Oc2c(Br)cc(CC(=O)O)cc2Br)cc1C(C)C. The van der Waals surface area contributed by atoms with Gasteiger partial charge in [0.25, 0.3) is 0 Å². The maximum Gasteiger partial charge on any atom is 0.307 e. The highest BCUT2D eigenvalue weighted by Gasteiger charge is 2.23. The number of hydrogen-bond donors (Lipinski definition) is 2. The van der Waals surface area contributed by atoms with Gasteiger partial charge in [-0.05, 0) is 97.9 Å². The van der Waals surface area contributed by atoms with Crippen molar-refractivity contribution in [1.82, 2.24) is 0 Å². The predicted molar refractivity (Wildman–Crippen MR) is 164 cm³/mol. The van der Waals surface area contributed by atoms with Gasteiger partial charge in [-0.1, -0.05) is 43.9 Å². The average Bonchev–Trinajstić information content (AvgIpc) is 2.93. The summed E-state index contributed by atoms with van der Waals surface area (Å²) in [5.74, 6) is 6.31. The molecule has 0 atom stereocenters. The van der Waals surface area contributed by atoms with E-state index >= 15 is 0 Å². The first-order chi connectivity index (χ1) is 19.5. The van der Waals surface area contributed by atoms with Gasteiger partial charge >= 0.3 is 5.97 Å². The molecular weight excluding hydrogens is 652 g/mol. The lowest BCUT2D eigenvalue weighted by Gasteiger charge is -2.19. The molecule has 0 aliphatic rings. The van der Waals surface area contributed by atoms with Crippen LogP contribution in [0.3, 0.4) is 0 Å². The van der Waals surface area contributed by atoms with E-state index in [2.05, 4.69) is 43.7 Å². The lowest BCUT2D eigenvalue weighted by Crippen LogP contribution is -2.07. The van der Waals surface area contributed by atoms with Gasteiger partial charge in [0.1, 0.15) is 17.2 Å². The highest BCUT2D eigenvalue weighted by molar-refractivity contribution is 9.11. The van der Waals surface area contributed by atoms with E-state index in [1.165, 1.54) is 0 Å². The summed E-state index contributed by atoms with van der Waals surface area (Å²) in [6.07, 6.45) is -0.147. The van der Waals surface area contributed by atoms with Gasteiger partial charge in [-0.3, -0.25) is 9.59 Å². The summed E-state index contributed by atoms with van der Waals surface area (Å²) in [4.78, 5) is 25.1. The minimum absolute atomic E-state index is 0.0808. The van der Waals surface area contributed by atoms with Crippen LogP contribution in [0, 0.1) is 11.8 Å². The number of benzene rings is 4. The van der Waals surface area contributed by atoms with E-state index in [9.17, 15) is 19.8 Å². The van der Waals surface area contributed by atoms with E-state index in [1.807, 2.05) is 13.8 Å². The third-order valence-electron chi connectivity index (χ3n) is 6.15. The number of hydrogen-bond acceptors (Lipinski definition) is 5. The zero-order valence-corrected chi connectivity index (χ0v) is 25.7. The number of methoxy groups -OCH3 is 1. The number of carboxylic acid groups (broad SMARTS) is 1. The number of aromatic hydroxyl groups is 1. The number of ether oxygens (including phenoxy) is 2. The van der Waals surface area contributed by atoms with Crippen LogP contribution in [0.25, 0.3) is 0 Å². The molecule has 0 heterocycles. The van der Waals surface area contributed by atoms with E-state index in [-0.39, 0.29) is 29.4 Å². The first-order valence-corrected chi connectivity index (χ1v) is 14.2. The molecule has 0 unspecified atom stereocenters. The second-order valence-corrected chi connectivity index (χ2v) is 11.2. The maximum absolute atomic E-state index is 13.9. The Balaban J connectivity index is 1.77. The van der Waals surface area contributed by atoms with E-state index < -0.39 is 5.97 Å². The molecule has 0 saturated carbocycles. The molecule has 0 saturated heterocycles. The van der Waals surface area contributed by atoms with Crippen LogP contribution < -0.4 is 9.47 Å². The zero-order chi connectivity index (χ0) is 29.7. The van der Waals surface area contributed by atoms with Crippen LogP contribution in [0.2, 0.25) is 0 Å². The van der Waals surface area contributed by atoms with Crippen LogP contribution >= 0.6 is 31.9 Å². The quantitative estimate of drug-likeness (QED) is 0.145. The Kier molecular flexibility index (Phi) is 9.53. The Labute approximate surface area is 255 Å². The summed E-state index contributed by atoms with van der Waals surface area (Å²) in [6.45, 7) is 4.04. The molecule has 0 radical (unpaired) electrons. The van der Waals surface area contributed by atoms with Crippen LogP contribution in [0.5, 0.6) is 23.0 Å². The first kappa shape index (κ1) is 29.9. The van der Waals surface area contributed by atoms with E-state index in [1.54, 1.807) is 79.9 Å². The molecule has 0 bridgehead atoms. The van der Waals surface area contributed by atoms with Gasteiger partial charge in [0, 0.05) is 22.3 Å². The van der Waals surface area contributed by atoms with Crippen molar-refractivity contribution in [2.24, 2.45) is 0 Å². The molecule has 0 aliphatic heterocycles. The summed E-state index contributed by atoms with van der Waals surface area (Å²) in [5, 5.41) is 18.9. The standard InChI is InChI=1S/C33H26Br2O6/c1-19(2)25-17-30(41-33-27(34)14-22(15-28(33)35)16-31(37)38)26(18-29(25)40-3)32(39)23-8-4-6-20(12-23)10-11-21-7-5-9-24(36)13-21/h4-9,12-15,17-19,36H,16H2,1-3H3,(H,37,38). The van der Waals surface area contributed by atoms with Crippen molar-refractivity contribution >= 4 is 43.6 Å².